The minimum Gasteiger partial charge on any atom is -0.550 e. The summed E-state index contributed by atoms with van der Waals surface area (Å²) >= 11 is 0. The van der Waals surface area contributed by atoms with Crippen LogP contribution < -0.4 is 5.11 Å². The number of carbonyl (C=O) groups excluding carboxylic acids is 1. The number of rotatable bonds is 3. The molecule has 1 heterocycles. The molecule has 0 N–H and O–H groups in total. The highest BCUT2D eigenvalue weighted by molar-refractivity contribution is 5.66. The van der Waals surface area contributed by atoms with Crippen molar-refractivity contribution in [3.63, 3.8) is 0 Å². The zero-order chi connectivity index (χ0) is 10.9. The Morgan fingerprint density at radius 3 is 2.43 bits per heavy atom. The molecular formula is C10H15N2O2-. The second-order valence-corrected chi connectivity index (χ2v) is 3.70. The summed E-state index contributed by atoms with van der Waals surface area (Å²) in [5, 5.41) is 14.8. The SMILES string of the molecule is Cc1nn(C[C@@H](C)C(=O)[O-])c(C)c1C. The molecule has 1 aromatic heterocycles. The van der Waals surface area contributed by atoms with Gasteiger partial charge in [0.25, 0.3) is 0 Å². The van der Waals surface area contributed by atoms with Crippen LogP contribution in [0.5, 0.6) is 0 Å². The third-order valence-electron chi connectivity index (χ3n) is 2.59. The van der Waals surface area contributed by atoms with Crippen LogP contribution in [-0.4, -0.2) is 15.7 Å². The van der Waals surface area contributed by atoms with Crippen LogP contribution in [0.1, 0.15) is 23.9 Å². The molecule has 0 fully saturated rings. The molecular weight excluding hydrogens is 180 g/mol. The molecule has 4 nitrogen and oxygen atoms in total. The van der Waals surface area contributed by atoms with Crippen molar-refractivity contribution < 1.29 is 9.90 Å². The molecule has 78 valence electrons. The van der Waals surface area contributed by atoms with E-state index in [4.69, 9.17) is 0 Å². The highest BCUT2D eigenvalue weighted by atomic mass is 16.4. The topological polar surface area (TPSA) is 58.0 Å². The lowest BCUT2D eigenvalue weighted by Crippen LogP contribution is -2.32. The maximum absolute atomic E-state index is 10.6. The highest BCUT2D eigenvalue weighted by Gasteiger charge is 2.10. The summed E-state index contributed by atoms with van der Waals surface area (Å²) in [5.74, 6) is -1.54. The van der Waals surface area contributed by atoms with E-state index >= 15 is 0 Å². The Morgan fingerprint density at radius 2 is 2.07 bits per heavy atom. The van der Waals surface area contributed by atoms with Crippen molar-refractivity contribution >= 4 is 5.97 Å². The van der Waals surface area contributed by atoms with Crippen molar-refractivity contribution in [1.82, 2.24) is 9.78 Å². The number of hydrogen-bond donors (Lipinski definition) is 0. The molecule has 0 spiro atoms. The fourth-order valence-corrected chi connectivity index (χ4v) is 1.30. The van der Waals surface area contributed by atoms with Gasteiger partial charge in [-0.1, -0.05) is 6.92 Å². The fraction of sp³-hybridized carbons (Fsp3) is 0.600. The second kappa shape index (κ2) is 3.82. The molecule has 0 radical (unpaired) electrons. The average Bonchev–Trinajstić information content (AvgIpc) is 2.33. The number of carboxylic acid groups (broad SMARTS) is 1. The van der Waals surface area contributed by atoms with Gasteiger partial charge in [-0.05, 0) is 26.3 Å². The number of nitrogens with zero attached hydrogens (tertiary/aromatic N) is 2. The minimum atomic E-state index is -1.03. The van der Waals surface area contributed by atoms with Gasteiger partial charge < -0.3 is 9.90 Å². The number of aryl methyl sites for hydroxylation is 1. The third kappa shape index (κ3) is 1.95. The van der Waals surface area contributed by atoms with Gasteiger partial charge in [0.15, 0.2) is 0 Å². The Kier molecular flexibility index (Phi) is 2.93. The molecule has 0 unspecified atom stereocenters. The third-order valence-corrected chi connectivity index (χ3v) is 2.59. The van der Waals surface area contributed by atoms with Gasteiger partial charge in [-0.25, -0.2) is 0 Å². The van der Waals surface area contributed by atoms with Crippen LogP contribution >= 0.6 is 0 Å². The average molecular weight is 195 g/mol. The van der Waals surface area contributed by atoms with Gasteiger partial charge in [0, 0.05) is 24.1 Å². The van der Waals surface area contributed by atoms with E-state index in [-0.39, 0.29) is 0 Å². The molecule has 0 saturated heterocycles. The predicted molar refractivity (Wildman–Crippen MR) is 50.6 cm³/mol. The normalized spacial score (nSPS) is 12.9. The monoisotopic (exact) mass is 195 g/mol. The lowest BCUT2D eigenvalue weighted by molar-refractivity contribution is -0.311. The fourth-order valence-electron chi connectivity index (χ4n) is 1.30. The number of carboxylic acids is 1. The summed E-state index contributed by atoms with van der Waals surface area (Å²) in [4.78, 5) is 10.6. The zero-order valence-electron chi connectivity index (χ0n) is 9.00. The van der Waals surface area contributed by atoms with Gasteiger partial charge in [0.2, 0.25) is 0 Å². The van der Waals surface area contributed by atoms with Gasteiger partial charge in [0.1, 0.15) is 0 Å². The zero-order valence-corrected chi connectivity index (χ0v) is 9.00. The van der Waals surface area contributed by atoms with E-state index < -0.39 is 11.9 Å². The Hall–Kier alpha value is -1.32. The molecule has 14 heavy (non-hydrogen) atoms. The van der Waals surface area contributed by atoms with Gasteiger partial charge >= 0.3 is 0 Å². The van der Waals surface area contributed by atoms with E-state index in [1.807, 2.05) is 20.8 Å². The lowest BCUT2D eigenvalue weighted by atomic mass is 10.2. The van der Waals surface area contributed by atoms with Crippen LogP contribution in [0.4, 0.5) is 0 Å². The van der Waals surface area contributed by atoms with E-state index in [0.717, 1.165) is 17.0 Å². The van der Waals surface area contributed by atoms with Crippen LogP contribution in [0.2, 0.25) is 0 Å². The van der Waals surface area contributed by atoms with Crippen molar-refractivity contribution in [1.29, 1.82) is 0 Å². The molecule has 0 bridgehead atoms. The van der Waals surface area contributed by atoms with Crippen molar-refractivity contribution in [2.75, 3.05) is 0 Å². The summed E-state index contributed by atoms with van der Waals surface area (Å²) in [6.45, 7) is 7.85. The highest BCUT2D eigenvalue weighted by Crippen LogP contribution is 2.12. The Bertz CT molecular complexity index is 355. The molecule has 0 aliphatic carbocycles. The Balaban J connectivity index is 2.87. The first kappa shape index (κ1) is 10.8. The summed E-state index contributed by atoms with van der Waals surface area (Å²) in [7, 11) is 0. The summed E-state index contributed by atoms with van der Waals surface area (Å²) in [6.07, 6.45) is 0. The van der Waals surface area contributed by atoms with E-state index in [1.165, 1.54) is 0 Å². The predicted octanol–water partition coefficient (Wildman–Crippen LogP) is 0.194. The van der Waals surface area contributed by atoms with Crippen molar-refractivity contribution in [2.45, 2.75) is 34.2 Å². The summed E-state index contributed by atoms with van der Waals surface area (Å²) < 4.78 is 1.73. The van der Waals surface area contributed by atoms with Gasteiger partial charge in [-0.2, -0.15) is 5.10 Å². The van der Waals surface area contributed by atoms with E-state index in [9.17, 15) is 9.90 Å². The van der Waals surface area contributed by atoms with E-state index in [2.05, 4.69) is 5.10 Å². The standard InChI is InChI=1S/C10H16N2O2/c1-6(10(13)14)5-12-9(4)7(2)8(3)11-12/h6H,5H2,1-4H3,(H,13,14)/p-1/t6-/m1/s1. The maximum Gasteiger partial charge on any atom is 0.0625 e. The number of aromatic nitrogens is 2. The van der Waals surface area contributed by atoms with Gasteiger partial charge in [-0.15, -0.1) is 0 Å². The molecule has 1 rings (SSSR count). The Labute approximate surface area is 83.5 Å². The lowest BCUT2D eigenvalue weighted by Gasteiger charge is -2.13. The number of carbonyl (C=O) groups is 1. The molecule has 0 aromatic carbocycles. The van der Waals surface area contributed by atoms with E-state index in [0.29, 0.717) is 6.54 Å². The quantitative estimate of drug-likeness (QED) is 0.692. The van der Waals surface area contributed by atoms with Crippen molar-refractivity contribution in [2.24, 2.45) is 5.92 Å². The second-order valence-electron chi connectivity index (χ2n) is 3.70. The first-order valence-electron chi connectivity index (χ1n) is 4.65. The molecule has 0 saturated carbocycles. The molecule has 0 aliphatic heterocycles. The van der Waals surface area contributed by atoms with Crippen LogP contribution in [0.25, 0.3) is 0 Å². The van der Waals surface area contributed by atoms with Crippen LogP contribution in [0.15, 0.2) is 0 Å². The number of hydrogen-bond acceptors (Lipinski definition) is 3. The largest absolute Gasteiger partial charge is 0.550 e. The Morgan fingerprint density at radius 1 is 1.50 bits per heavy atom. The van der Waals surface area contributed by atoms with Crippen LogP contribution in [-0.2, 0) is 11.3 Å². The number of aliphatic carboxylic acids is 1. The summed E-state index contributed by atoms with van der Waals surface area (Å²) in [5.41, 5.74) is 3.10. The van der Waals surface area contributed by atoms with Gasteiger partial charge in [-0.3, -0.25) is 4.68 Å². The molecule has 1 aromatic rings. The van der Waals surface area contributed by atoms with Crippen molar-refractivity contribution in [3.8, 4) is 0 Å². The smallest absolute Gasteiger partial charge is 0.0625 e. The van der Waals surface area contributed by atoms with Crippen LogP contribution in [0, 0.1) is 26.7 Å². The van der Waals surface area contributed by atoms with Crippen LogP contribution in [0.3, 0.4) is 0 Å². The summed E-state index contributed by atoms with van der Waals surface area (Å²) in [6, 6.07) is 0. The molecule has 4 heteroatoms. The van der Waals surface area contributed by atoms with E-state index in [1.54, 1.807) is 11.6 Å². The molecule has 0 aliphatic rings. The first-order valence-corrected chi connectivity index (χ1v) is 4.65. The minimum absolute atomic E-state index is 0.378. The van der Waals surface area contributed by atoms with Crippen molar-refractivity contribution in [3.05, 3.63) is 17.0 Å². The molecule has 1 atom stereocenters. The van der Waals surface area contributed by atoms with Gasteiger partial charge in [0.05, 0.1) is 5.69 Å². The molecule has 0 amide bonds. The maximum atomic E-state index is 10.6. The first-order chi connectivity index (χ1) is 6.43.